The van der Waals surface area contributed by atoms with Crippen molar-refractivity contribution in [1.82, 2.24) is 9.97 Å². The molecule has 104 valence electrons. The Balaban J connectivity index is 2.10. The van der Waals surface area contributed by atoms with Crippen LogP contribution in [0.15, 0.2) is 6.20 Å². The van der Waals surface area contributed by atoms with Gasteiger partial charge in [-0.05, 0) is 29.9 Å². The maximum atomic E-state index is 10.9. The lowest BCUT2D eigenvalue weighted by molar-refractivity contribution is -0.384. The molecule has 0 aromatic carbocycles. The first-order valence-corrected chi connectivity index (χ1v) is 6.79. The second-order valence-electron chi connectivity index (χ2n) is 5.35. The fourth-order valence-electron chi connectivity index (χ4n) is 2.50. The second-order valence-corrected chi connectivity index (χ2v) is 5.69. The van der Waals surface area contributed by atoms with Gasteiger partial charge in [-0.25, -0.2) is 4.98 Å². The molecule has 0 saturated heterocycles. The summed E-state index contributed by atoms with van der Waals surface area (Å²) in [6, 6.07) is 0. The Kier molecular flexibility index (Phi) is 4.19. The molecule has 1 aliphatic rings. The van der Waals surface area contributed by atoms with E-state index in [0.717, 1.165) is 19.0 Å². The zero-order valence-electron chi connectivity index (χ0n) is 10.9. The summed E-state index contributed by atoms with van der Waals surface area (Å²) in [5.41, 5.74) is 0.0348. The van der Waals surface area contributed by atoms with Crippen molar-refractivity contribution in [3.63, 3.8) is 0 Å². The fourth-order valence-corrected chi connectivity index (χ4v) is 2.63. The topological polar surface area (TPSA) is 81.0 Å². The Morgan fingerprint density at radius 2 is 2.16 bits per heavy atom. The predicted molar refractivity (Wildman–Crippen MR) is 73.4 cm³/mol. The molecule has 0 bridgehead atoms. The van der Waals surface area contributed by atoms with Crippen molar-refractivity contribution in [1.29, 1.82) is 0 Å². The van der Waals surface area contributed by atoms with Gasteiger partial charge in [0.2, 0.25) is 11.1 Å². The van der Waals surface area contributed by atoms with Crippen molar-refractivity contribution in [3.05, 3.63) is 21.6 Å². The van der Waals surface area contributed by atoms with Gasteiger partial charge in [0.05, 0.1) is 4.92 Å². The molecule has 1 aliphatic carbocycles. The summed E-state index contributed by atoms with van der Waals surface area (Å²) < 4.78 is 0. The van der Waals surface area contributed by atoms with Crippen molar-refractivity contribution >= 4 is 23.1 Å². The Hall–Kier alpha value is -1.43. The molecule has 7 heteroatoms. The van der Waals surface area contributed by atoms with Crippen LogP contribution >= 0.6 is 11.6 Å². The van der Waals surface area contributed by atoms with E-state index in [9.17, 15) is 10.1 Å². The minimum Gasteiger partial charge on any atom is -0.364 e. The van der Waals surface area contributed by atoms with Crippen LogP contribution in [-0.4, -0.2) is 21.4 Å². The molecule has 0 spiro atoms. The van der Waals surface area contributed by atoms with E-state index < -0.39 is 4.92 Å². The van der Waals surface area contributed by atoms with E-state index in [2.05, 4.69) is 22.2 Å². The van der Waals surface area contributed by atoms with E-state index in [1.165, 1.54) is 19.3 Å². The minimum atomic E-state index is -0.498. The summed E-state index contributed by atoms with van der Waals surface area (Å²) in [5, 5.41) is 14.0. The van der Waals surface area contributed by atoms with Gasteiger partial charge in [-0.1, -0.05) is 26.2 Å². The Morgan fingerprint density at radius 3 is 2.79 bits per heavy atom. The molecule has 1 fully saturated rings. The molecule has 0 atom stereocenters. The average Bonchev–Trinajstić information content (AvgIpc) is 2.37. The summed E-state index contributed by atoms with van der Waals surface area (Å²) in [4.78, 5) is 18.0. The summed E-state index contributed by atoms with van der Waals surface area (Å²) in [6.07, 6.45) is 7.10. The van der Waals surface area contributed by atoms with Crippen LogP contribution in [0.25, 0.3) is 0 Å². The van der Waals surface area contributed by atoms with Crippen LogP contribution in [0.5, 0.6) is 0 Å². The molecule has 1 aromatic rings. The molecule has 0 radical (unpaired) electrons. The van der Waals surface area contributed by atoms with Crippen LogP contribution in [0, 0.1) is 15.5 Å². The van der Waals surface area contributed by atoms with Crippen molar-refractivity contribution in [2.75, 3.05) is 11.9 Å². The SMILES string of the molecule is CC1(CNc2nc(Cl)ncc2[N+](=O)[O-])CCCCC1. The molecule has 1 aromatic heterocycles. The highest BCUT2D eigenvalue weighted by Crippen LogP contribution is 2.36. The van der Waals surface area contributed by atoms with Gasteiger partial charge in [-0.15, -0.1) is 0 Å². The van der Waals surface area contributed by atoms with Crippen molar-refractivity contribution in [3.8, 4) is 0 Å². The minimum absolute atomic E-state index is 0.0156. The van der Waals surface area contributed by atoms with Crippen LogP contribution in [0.4, 0.5) is 11.5 Å². The lowest BCUT2D eigenvalue weighted by atomic mass is 9.76. The van der Waals surface area contributed by atoms with Gasteiger partial charge < -0.3 is 5.32 Å². The number of hydrogen-bond donors (Lipinski definition) is 1. The van der Waals surface area contributed by atoms with Crippen LogP contribution in [0.1, 0.15) is 39.0 Å². The second kappa shape index (κ2) is 5.69. The van der Waals surface area contributed by atoms with E-state index >= 15 is 0 Å². The van der Waals surface area contributed by atoms with E-state index in [1.807, 2.05) is 0 Å². The monoisotopic (exact) mass is 284 g/mol. The average molecular weight is 285 g/mol. The van der Waals surface area contributed by atoms with Gasteiger partial charge in [0.25, 0.3) is 0 Å². The van der Waals surface area contributed by atoms with Gasteiger partial charge >= 0.3 is 5.69 Å². The molecule has 6 nitrogen and oxygen atoms in total. The van der Waals surface area contributed by atoms with Crippen LogP contribution in [0.3, 0.4) is 0 Å². The zero-order valence-corrected chi connectivity index (χ0v) is 11.6. The summed E-state index contributed by atoms with van der Waals surface area (Å²) in [7, 11) is 0. The number of halogens is 1. The number of nitrogens with zero attached hydrogens (tertiary/aromatic N) is 3. The maximum absolute atomic E-state index is 10.9. The lowest BCUT2D eigenvalue weighted by Gasteiger charge is -2.33. The van der Waals surface area contributed by atoms with Gasteiger partial charge in [0.15, 0.2) is 0 Å². The van der Waals surface area contributed by atoms with E-state index in [1.54, 1.807) is 0 Å². The molecular formula is C12H17ClN4O2. The summed E-state index contributed by atoms with van der Waals surface area (Å²) in [6.45, 7) is 2.87. The molecule has 0 unspecified atom stereocenters. The predicted octanol–water partition coefficient (Wildman–Crippen LogP) is 3.42. The highest BCUT2D eigenvalue weighted by atomic mass is 35.5. The standard InChI is InChI=1S/C12H17ClN4O2/c1-12(5-3-2-4-6-12)8-15-10-9(17(18)19)7-14-11(13)16-10/h7H,2-6,8H2,1H3,(H,14,15,16). The smallest absolute Gasteiger partial charge is 0.329 e. The third kappa shape index (κ3) is 3.53. The fraction of sp³-hybridized carbons (Fsp3) is 0.667. The summed E-state index contributed by atoms with van der Waals surface area (Å²) in [5.74, 6) is 0.205. The largest absolute Gasteiger partial charge is 0.364 e. The van der Waals surface area contributed by atoms with Gasteiger partial charge in [-0.2, -0.15) is 4.98 Å². The van der Waals surface area contributed by atoms with E-state index in [4.69, 9.17) is 11.6 Å². The van der Waals surface area contributed by atoms with E-state index in [0.29, 0.717) is 6.54 Å². The Labute approximate surface area is 116 Å². The quantitative estimate of drug-likeness (QED) is 0.520. The molecule has 1 heterocycles. The van der Waals surface area contributed by atoms with Crippen LogP contribution < -0.4 is 5.32 Å². The maximum Gasteiger partial charge on any atom is 0.329 e. The number of nitro groups is 1. The number of nitrogens with one attached hydrogen (secondary N) is 1. The lowest BCUT2D eigenvalue weighted by Crippen LogP contribution is -2.29. The summed E-state index contributed by atoms with van der Waals surface area (Å²) >= 11 is 5.69. The number of hydrogen-bond acceptors (Lipinski definition) is 5. The van der Waals surface area contributed by atoms with Gasteiger partial charge in [0, 0.05) is 6.54 Å². The number of aromatic nitrogens is 2. The Morgan fingerprint density at radius 1 is 1.47 bits per heavy atom. The zero-order chi connectivity index (χ0) is 13.9. The van der Waals surface area contributed by atoms with Gasteiger partial charge in [-0.3, -0.25) is 10.1 Å². The normalized spacial score (nSPS) is 18.0. The highest BCUT2D eigenvalue weighted by Gasteiger charge is 2.28. The molecule has 0 amide bonds. The molecule has 2 rings (SSSR count). The molecular weight excluding hydrogens is 268 g/mol. The van der Waals surface area contributed by atoms with Gasteiger partial charge in [0.1, 0.15) is 6.20 Å². The van der Waals surface area contributed by atoms with Crippen LogP contribution in [-0.2, 0) is 0 Å². The first kappa shape index (κ1) is 14.0. The molecule has 1 saturated carbocycles. The van der Waals surface area contributed by atoms with Crippen molar-refractivity contribution in [2.24, 2.45) is 5.41 Å². The molecule has 0 aliphatic heterocycles. The van der Waals surface area contributed by atoms with E-state index in [-0.39, 0.29) is 22.2 Å². The number of anilines is 1. The first-order chi connectivity index (χ1) is 9.00. The van der Waals surface area contributed by atoms with Crippen molar-refractivity contribution < 1.29 is 4.92 Å². The van der Waals surface area contributed by atoms with Crippen molar-refractivity contribution in [2.45, 2.75) is 39.0 Å². The third-order valence-corrected chi connectivity index (χ3v) is 3.86. The van der Waals surface area contributed by atoms with Crippen LogP contribution in [0.2, 0.25) is 5.28 Å². The molecule has 1 N–H and O–H groups in total. The first-order valence-electron chi connectivity index (χ1n) is 6.41. The highest BCUT2D eigenvalue weighted by molar-refractivity contribution is 6.28. The molecule has 19 heavy (non-hydrogen) atoms. The number of rotatable bonds is 4. The third-order valence-electron chi connectivity index (χ3n) is 3.68. The Bertz CT molecular complexity index is 475.